The first kappa shape index (κ1) is 21.5. The summed E-state index contributed by atoms with van der Waals surface area (Å²) in [5.41, 5.74) is 2.50. The van der Waals surface area contributed by atoms with Crippen molar-refractivity contribution in [2.75, 3.05) is 36.5 Å². The molecule has 34 heavy (non-hydrogen) atoms. The molecule has 4 heterocycles. The van der Waals surface area contributed by atoms with E-state index in [-0.39, 0.29) is 5.92 Å². The molecule has 2 aromatic heterocycles. The Hall–Kier alpha value is -3.07. The maximum absolute atomic E-state index is 11.4. The van der Waals surface area contributed by atoms with Gasteiger partial charge >= 0.3 is 5.97 Å². The summed E-state index contributed by atoms with van der Waals surface area (Å²) in [5, 5.41) is 14.1. The van der Waals surface area contributed by atoms with Crippen molar-refractivity contribution in [3.63, 3.8) is 0 Å². The van der Waals surface area contributed by atoms with Gasteiger partial charge in [0.05, 0.1) is 11.3 Å². The summed E-state index contributed by atoms with van der Waals surface area (Å²) < 4.78 is 11.4. The van der Waals surface area contributed by atoms with Gasteiger partial charge in [0.15, 0.2) is 11.5 Å². The van der Waals surface area contributed by atoms with Crippen molar-refractivity contribution in [1.29, 1.82) is 0 Å². The predicted octanol–water partition coefficient (Wildman–Crippen LogP) is 4.25. The van der Waals surface area contributed by atoms with Gasteiger partial charge in [0, 0.05) is 24.5 Å². The normalized spacial score (nSPS) is 18.1. The fourth-order valence-electron chi connectivity index (χ4n) is 5.13. The number of fused-ring (bicyclic) bond motifs is 4. The number of nitrogens with zero attached hydrogens (tertiary/aromatic N) is 3. The van der Waals surface area contributed by atoms with Crippen LogP contribution in [-0.2, 0) is 24.2 Å². The molecule has 9 heteroatoms. The number of hydrogen-bond donors (Lipinski definition) is 2. The van der Waals surface area contributed by atoms with E-state index in [2.05, 4.69) is 16.3 Å². The summed E-state index contributed by atoms with van der Waals surface area (Å²) in [7, 11) is 0. The molecule has 0 amide bonds. The lowest BCUT2D eigenvalue weighted by Crippen LogP contribution is -2.37. The third-order valence-corrected chi connectivity index (χ3v) is 8.18. The summed E-state index contributed by atoms with van der Waals surface area (Å²) in [6, 6.07) is 6.05. The molecule has 0 bridgehead atoms. The van der Waals surface area contributed by atoms with Gasteiger partial charge in [-0.1, -0.05) is 6.07 Å². The highest BCUT2D eigenvalue weighted by atomic mass is 32.1. The number of aromatic nitrogens is 2. The van der Waals surface area contributed by atoms with Gasteiger partial charge in [0.1, 0.15) is 23.9 Å². The lowest BCUT2D eigenvalue weighted by Gasteiger charge is -2.30. The van der Waals surface area contributed by atoms with Crippen LogP contribution in [0, 0.1) is 5.92 Å². The molecule has 6 rings (SSSR count). The van der Waals surface area contributed by atoms with Gasteiger partial charge in [-0.3, -0.25) is 4.79 Å². The first-order valence-corrected chi connectivity index (χ1v) is 12.9. The summed E-state index contributed by atoms with van der Waals surface area (Å²) >= 11 is 1.79. The molecule has 0 saturated carbocycles. The average molecular weight is 481 g/mol. The highest BCUT2D eigenvalue weighted by Crippen LogP contribution is 2.40. The monoisotopic (exact) mass is 480 g/mol. The Balaban J connectivity index is 1.31. The van der Waals surface area contributed by atoms with E-state index < -0.39 is 5.97 Å². The number of anilines is 2. The number of nitrogens with one attached hydrogen (secondary N) is 1. The average Bonchev–Trinajstić information content (AvgIpc) is 3.26. The van der Waals surface area contributed by atoms with Crippen LogP contribution in [0.15, 0.2) is 18.2 Å². The first-order valence-electron chi connectivity index (χ1n) is 12.1. The molecular formula is C25H28N4O4S. The molecule has 3 aliphatic rings. The molecule has 0 spiro atoms. The third-order valence-electron chi connectivity index (χ3n) is 7.00. The number of hydrogen-bond acceptors (Lipinski definition) is 8. The molecule has 1 aromatic carbocycles. The Morgan fingerprint density at radius 3 is 2.74 bits per heavy atom. The maximum Gasteiger partial charge on any atom is 0.306 e. The SMILES string of the molecule is O=C(O)C1CCN(c2nc(NCc3ccc4c(c3)OCCO4)c3c4c(sc3n2)CCCC4)CC1. The number of ether oxygens (including phenoxy) is 2. The quantitative estimate of drug-likeness (QED) is 0.559. The number of carboxylic acid groups (broad SMARTS) is 1. The minimum Gasteiger partial charge on any atom is -0.486 e. The topological polar surface area (TPSA) is 96.8 Å². The molecular weight excluding hydrogens is 452 g/mol. The van der Waals surface area contributed by atoms with Gasteiger partial charge in [-0.25, -0.2) is 4.98 Å². The Kier molecular flexibility index (Phi) is 5.64. The zero-order valence-corrected chi connectivity index (χ0v) is 19.8. The van der Waals surface area contributed by atoms with Gasteiger partial charge < -0.3 is 24.8 Å². The fourth-order valence-corrected chi connectivity index (χ4v) is 6.38. The van der Waals surface area contributed by atoms with Gasteiger partial charge in [0.2, 0.25) is 5.95 Å². The summed E-state index contributed by atoms with van der Waals surface area (Å²) in [6.07, 6.45) is 5.85. The second-order valence-corrected chi connectivity index (χ2v) is 10.3. The van der Waals surface area contributed by atoms with Gasteiger partial charge in [0.25, 0.3) is 0 Å². The molecule has 8 nitrogen and oxygen atoms in total. The highest BCUT2D eigenvalue weighted by Gasteiger charge is 2.28. The van der Waals surface area contributed by atoms with Crippen LogP contribution in [0.3, 0.4) is 0 Å². The third kappa shape index (κ3) is 4.02. The van der Waals surface area contributed by atoms with Crippen molar-refractivity contribution < 1.29 is 19.4 Å². The van der Waals surface area contributed by atoms with Gasteiger partial charge in [-0.05, 0) is 61.8 Å². The largest absolute Gasteiger partial charge is 0.486 e. The molecule has 1 saturated heterocycles. The molecule has 0 radical (unpaired) electrons. The number of aryl methyl sites for hydroxylation is 2. The van der Waals surface area contributed by atoms with Crippen LogP contribution in [0.25, 0.3) is 10.2 Å². The number of carbonyl (C=O) groups is 1. The van der Waals surface area contributed by atoms with E-state index in [1.807, 2.05) is 12.1 Å². The van der Waals surface area contributed by atoms with E-state index in [1.165, 1.54) is 23.3 Å². The molecule has 0 unspecified atom stereocenters. The van der Waals surface area contributed by atoms with Gasteiger partial charge in [-0.2, -0.15) is 4.98 Å². The number of piperidine rings is 1. The Labute approximate surface area is 201 Å². The van der Waals surface area contributed by atoms with Crippen LogP contribution < -0.4 is 19.7 Å². The van der Waals surface area contributed by atoms with Crippen LogP contribution in [-0.4, -0.2) is 47.3 Å². The minimum absolute atomic E-state index is 0.276. The predicted molar refractivity (Wildman–Crippen MR) is 131 cm³/mol. The van der Waals surface area contributed by atoms with Crippen LogP contribution in [0.2, 0.25) is 0 Å². The Bertz CT molecular complexity index is 1240. The lowest BCUT2D eigenvalue weighted by atomic mass is 9.97. The van der Waals surface area contributed by atoms with Gasteiger partial charge in [-0.15, -0.1) is 11.3 Å². The van der Waals surface area contributed by atoms with Crippen molar-refractivity contribution in [2.45, 2.75) is 45.1 Å². The van der Waals surface area contributed by atoms with Crippen molar-refractivity contribution in [3.8, 4) is 11.5 Å². The standard InChI is InChI=1S/C25H28N4O4S/c30-24(31)16-7-9-29(10-8-16)25-27-22(21-17-3-1-2-4-20(17)34-23(21)28-25)26-14-15-5-6-18-19(13-15)33-12-11-32-18/h5-6,13,16H,1-4,7-12,14H2,(H,30,31)(H,26,27,28). The number of aliphatic carboxylic acids is 1. The van der Waals surface area contributed by atoms with Crippen LogP contribution >= 0.6 is 11.3 Å². The molecule has 0 atom stereocenters. The summed E-state index contributed by atoms with van der Waals surface area (Å²) in [5.74, 6) is 2.16. The Morgan fingerprint density at radius 2 is 1.91 bits per heavy atom. The van der Waals surface area contributed by atoms with E-state index in [0.717, 1.165) is 45.9 Å². The smallest absolute Gasteiger partial charge is 0.306 e. The van der Waals surface area contributed by atoms with E-state index >= 15 is 0 Å². The van der Waals surface area contributed by atoms with Crippen molar-refractivity contribution in [1.82, 2.24) is 9.97 Å². The van der Waals surface area contributed by atoms with Crippen molar-refractivity contribution in [2.24, 2.45) is 5.92 Å². The van der Waals surface area contributed by atoms with Crippen LogP contribution in [0.4, 0.5) is 11.8 Å². The minimum atomic E-state index is -0.705. The maximum atomic E-state index is 11.4. The van der Waals surface area contributed by atoms with Crippen LogP contribution in [0.1, 0.15) is 41.7 Å². The number of rotatable bonds is 5. The first-order chi connectivity index (χ1) is 16.7. The van der Waals surface area contributed by atoms with E-state index in [9.17, 15) is 9.90 Å². The highest BCUT2D eigenvalue weighted by molar-refractivity contribution is 7.19. The molecule has 3 aromatic rings. The lowest BCUT2D eigenvalue weighted by molar-refractivity contribution is -0.142. The van der Waals surface area contributed by atoms with Crippen molar-refractivity contribution in [3.05, 3.63) is 34.2 Å². The van der Waals surface area contributed by atoms with E-state index in [1.54, 1.807) is 11.3 Å². The summed E-state index contributed by atoms with van der Waals surface area (Å²) in [6.45, 7) is 3.09. The zero-order chi connectivity index (χ0) is 23.1. The second-order valence-electron chi connectivity index (χ2n) is 9.19. The molecule has 2 aliphatic heterocycles. The number of benzene rings is 1. The van der Waals surface area contributed by atoms with E-state index in [0.29, 0.717) is 51.6 Å². The second kappa shape index (κ2) is 8.94. The zero-order valence-electron chi connectivity index (χ0n) is 19.0. The summed E-state index contributed by atoms with van der Waals surface area (Å²) in [4.78, 5) is 25.9. The van der Waals surface area contributed by atoms with Crippen molar-refractivity contribution >= 4 is 39.3 Å². The van der Waals surface area contributed by atoms with Crippen LogP contribution in [0.5, 0.6) is 11.5 Å². The molecule has 1 aliphatic carbocycles. The Morgan fingerprint density at radius 1 is 1.12 bits per heavy atom. The number of thiophene rings is 1. The fraction of sp³-hybridized carbons (Fsp3) is 0.480. The molecule has 1 fully saturated rings. The molecule has 178 valence electrons. The van der Waals surface area contributed by atoms with E-state index in [4.69, 9.17) is 19.4 Å². The number of carboxylic acids is 1. The molecule has 2 N–H and O–H groups in total.